The van der Waals surface area contributed by atoms with Gasteiger partial charge in [0, 0.05) is 5.69 Å². The molecule has 1 aliphatic heterocycles. The number of benzene rings is 2. The predicted octanol–water partition coefficient (Wildman–Crippen LogP) is 4.84. The Kier molecular flexibility index (Phi) is 7.40. The van der Waals surface area contributed by atoms with Crippen molar-refractivity contribution in [3.63, 3.8) is 0 Å². The second-order valence-corrected chi connectivity index (χ2v) is 8.50. The first-order chi connectivity index (χ1) is 14.8. The molecule has 1 heterocycles. The van der Waals surface area contributed by atoms with Crippen molar-refractivity contribution >= 4 is 56.5 Å². The molecule has 1 N–H and O–H groups in total. The van der Waals surface area contributed by atoms with Crippen molar-refractivity contribution in [3.05, 3.63) is 56.9 Å². The molecule has 0 atom stereocenters. The van der Waals surface area contributed by atoms with E-state index in [2.05, 4.69) is 21.2 Å². The number of rotatable bonds is 7. The Labute approximate surface area is 192 Å². The number of imide groups is 1. The summed E-state index contributed by atoms with van der Waals surface area (Å²) in [6, 6.07) is 10.7. The minimum absolute atomic E-state index is 0.228. The molecule has 7 nitrogen and oxygen atoms in total. The fraction of sp³-hybridized carbons (Fsp3) is 0.227. The van der Waals surface area contributed by atoms with Crippen molar-refractivity contribution in [2.24, 2.45) is 0 Å². The van der Waals surface area contributed by atoms with E-state index in [9.17, 15) is 14.4 Å². The zero-order valence-corrected chi connectivity index (χ0v) is 19.6. The van der Waals surface area contributed by atoms with Gasteiger partial charge >= 0.3 is 0 Å². The van der Waals surface area contributed by atoms with E-state index in [1.807, 2.05) is 26.0 Å². The molecule has 162 valence electrons. The van der Waals surface area contributed by atoms with Gasteiger partial charge in [0.05, 0.1) is 23.1 Å². The van der Waals surface area contributed by atoms with Crippen LogP contribution in [0.4, 0.5) is 10.5 Å². The Morgan fingerprint density at radius 2 is 1.94 bits per heavy atom. The summed E-state index contributed by atoms with van der Waals surface area (Å²) < 4.78 is 11.6. The molecule has 0 radical (unpaired) electrons. The molecule has 0 spiro atoms. The average molecular weight is 505 g/mol. The first-order valence-corrected chi connectivity index (χ1v) is 11.1. The zero-order chi connectivity index (χ0) is 22.5. The topological polar surface area (TPSA) is 84.9 Å². The third-order valence-electron chi connectivity index (χ3n) is 4.35. The molecule has 1 aliphatic rings. The largest absolute Gasteiger partial charge is 0.493 e. The van der Waals surface area contributed by atoms with Crippen LogP contribution in [0.1, 0.15) is 18.1 Å². The summed E-state index contributed by atoms with van der Waals surface area (Å²) >= 11 is 4.23. The highest BCUT2D eigenvalue weighted by Gasteiger charge is 2.36. The van der Waals surface area contributed by atoms with Crippen LogP contribution in [0.25, 0.3) is 6.08 Å². The summed E-state index contributed by atoms with van der Waals surface area (Å²) in [6.45, 7) is 3.92. The van der Waals surface area contributed by atoms with Gasteiger partial charge in [0.1, 0.15) is 6.54 Å². The minimum atomic E-state index is -0.516. The summed E-state index contributed by atoms with van der Waals surface area (Å²) in [6.07, 6.45) is 1.59. The van der Waals surface area contributed by atoms with Crippen molar-refractivity contribution in [1.29, 1.82) is 0 Å². The van der Waals surface area contributed by atoms with Crippen LogP contribution < -0.4 is 14.8 Å². The summed E-state index contributed by atoms with van der Waals surface area (Å²) in [5.41, 5.74) is 2.32. The van der Waals surface area contributed by atoms with E-state index in [0.29, 0.717) is 33.8 Å². The zero-order valence-electron chi connectivity index (χ0n) is 17.2. The molecule has 3 rings (SSSR count). The van der Waals surface area contributed by atoms with Gasteiger partial charge < -0.3 is 14.8 Å². The highest BCUT2D eigenvalue weighted by atomic mass is 79.9. The molecule has 3 amide bonds. The fourth-order valence-electron chi connectivity index (χ4n) is 2.88. The summed E-state index contributed by atoms with van der Waals surface area (Å²) in [5, 5.41) is 2.20. The van der Waals surface area contributed by atoms with E-state index in [4.69, 9.17) is 9.47 Å². The number of hydrogen-bond acceptors (Lipinski definition) is 6. The van der Waals surface area contributed by atoms with Gasteiger partial charge in [-0.3, -0.25) is 19.3 Å². The van der Waals surface area contributed by atoms with Crippen LogP contribution >= 0.6 is 27.7 Å². The van der Waals surface area contributed by atoms with E-state index in [-0.39, 0.29) is 11.4 Å². The molecule has 0 saturated carbocycles. The molecular formula is C22H21BrN2O5S. The van der Waals surface area contributed by atoms with Crippen LogP contribution in [0, 0.1) is 6.92 Å². The number of ether oxygens (including phenoxy) is 2. The Morgan fingerprint density at radius 1 is 1.23 bits per heavy atom. The molecule has 2 aromatic rings. The SMILES string of the molecule is CCOc1c(Br)cc(/C=C2/SC(=O)N(CC(=O)Nc3ccc(C)cc3)C2=O)cc1OC. The Hall–Kier alpha value is -2.78. The number of anilines is 1. The van der Waals surface area contributed by atoms with Crippen molar-refractivity contribution < 1.29 is 23.9 Å². The highest BCUT2D eigenvalue weighted by Crippen LogP contribution is 2.39. The second kappa shape index (κ2) is 10.0. The fourth-order valence-corrected chi connectivity index (χ4v) is 4.29. The number of halogens is 1. The smallest absolute Gasteiger partial charge is 0.294 e. The molecule has 0 aliphatic carbocycles. The van der Waals surface area contributed by atoms with Crippen molar-refractivity contribution in [2.75, 3.05) is 25.6 Å². The predicted molar refractivity (Wildman–Crippen MR) is 124 cm³/mol. The lowest BCUT2D eigenvalue weighted by Crippen LogP contribution is -2.36. The number of methoxy groups -OCH3 is 1. The minimum Gasteiger partial charge on any atom is -0.493 e. The maximum atomic E-state index is 12.7. The lowest BCUT2D eigenvalue weighted by Gasteiger charge is -2.13. The lowest BCUT2D eigenvalue weighted by atomic mass is 10.2. The number of hydrogen-bond donors (Lipinski definition) is 1. The van der Waals surface area contributed by atoms with Crippen LogP contribution in [0.5, 0.6) is 11.5 Å². The molecular weight excluding hydrogens is 484 g/mol. The molecule has 0 unspecified atom stereocenters. The van der Waals surface area contributed by atoms with Gasteiger partial charge in [0.2, 0.25) is 5.91 Å². The highest BCUT2D eigenvalue weighted by molar-refractivity contribution is 9.10. The summed E-state index contributed by atoms with van der Waals surface area (Å²) in [4.78, 5) is 38.5. The van der Waals surface area contributed by atoms with E-state index in [0.717, 1.165) is 22.2 Å². The van der Waals surface area contributed by atoms with Gasteiger partial charge in [0.25, 0.3) is 11.1 Å². The van der Waals surface area contributed by atoms with E-state index >= 15 is 0 Å². The molecule has 0 bridgehead atoms. The normalized spacial score (nSPS) is 14.8. The maximum absolute atomic E-state index is 12.7. The Bertz CT molecular complexity index is 1050. The van der Waals surface area contributed by atoms with Crippen LogP contribution in [0.2, 0.25) is 0 Å². The Morgan fingerprint density at radius 3 is 2.58 bits per heavy atom. The van der Waals surface area contributed by atoms with Crippen molar-refractivity contribution in [3.8, 4) is 11.5 Å². The number of amides is 3. The van der Waals surface area contributed by atoms with Crippen molar-refractivity contribution in [1.82, 2.24) is 4.90 Å². The first kappa shape index (κ1) is 22.9. The van der Waals surface area contributed by atoms with Crippen LogP contribution in [-0.2, 0) is 9.59 Å². The third kappa shape index (κ3) is 5.48. The molecule has 1 saturated heterocycles. The molecule has 31 heavy (non-hydrogen) atoms. The third-order valence-corrected chi connectivity index (χ3v) is 5.85. The first-order valence-electron chi connectivity index (χ1n) is 9.44. The average Bonchev–Trinajstić information content (AvgIpc) is 2.98. The van der Waals surface area contributed by atoms with Gasteiger partial charge in [0.15, 0.2) is 11.5 Å². The van der Waals surface area contributed by atoms with Crippen molar-refractivity contribution in [2.45, 2.75) is 13.8 Å². The van der Waals surface area contributed by atoms with Gasteiger partial charge in [-0.2, -0.15) is 0 Å². The number of aryl methyl sites for hydroxylation is 1. The summed E-state index contributed by atoms with van der Waals surface area (Å²) in [7, 11) is 1.52. The Balaban J connectivity index is 1.75. The molecule has 2 aromatic carbocycles. The maximum Gasteiger partial charge on any atom is 0.294 e. The molecule has 9 heteroatoms. The number of carbonyl (C=O) groups excluding carboxylic acids is 3. The molecule has 0 aromatic heterocycles. The number of nitrogens with zero attached hydrogens (tertiary/aromatic N) is 1. The van der Waals surface area contributed by atoms with Gasteiger partial charge in [-0.05, 0) is 77.4 Å². The standard InChI is InChI=1S/C22H21BrN2O5S/c1-4-30-20-16(23)9-14(10-17(20)29-3)11-18-21(27)25(22(28)31-18)12-19(26)24-15-7-5-13(2)6-8-15/h5-11H,4,12H2,1-3H3,(H,24,26)/b18-11+. The van der Waals surface area contributed by atoms with Gasteiger partial charge in [-0.15, -0.1) is 0 Å². The lowest BCUT2D eigenvalue weighted by molar-refractivity contribution is -0.127. The van der Waals surface area contributed by atoms with Crippen LogP contribution in [0.15, 0.2) is 45.8 Å². The van der Waals surface area contributed by atoms with E-state index in [1.165, 1.54) is 7.11 Å². The van der Waals surface area contributed by atoms with Crippen LogP contribution in [-0.4, -0.2) is 42.2 Å². The van der Waals surface area contributed by atoms with Gasteiger partial charge in [-0.1, -0.05) is 17.7 Å². The van der Waals surface area contributed by atoms with Gasteiger partial charge in [-0.25, -0.2) is 0 Å². The van der Waals surface area contributed by atoms with E-state index in [1.54, 1.807) is 30.3 Å². The molecule has 1 fully saturated rings. The quantitative estimate of drug-likeness (QED) is 0.543. The number of nitrogens with one attached hydrogen (secondary N) is 1. The van der Waals surface area contributed by atoms with Crippen LogP contribution in [0.3, 0.4) is 0 Å². The monoisotopic (exact) mass is 504 g/mol. The number of carbonyl (C=O) groups is 3. The number of thioether (sulfide) groups is 1. The second-order valence-electron chi connectivity index (χ2n) is 6.65. The summed E-state index contributed by atoms with van der Waals surface area (Å²) in [5.74, 6) is 0.0955. The van der Waals surface area contributed by atoms with E-state index < -0.39 is 17.1 Å².